The highest BCUT2D eigenvalue weighted by Gasteiger charge is 2.29. The Morgan fingerprint density at radius 3 is 2.73 bits per heavy atom. The highest BCUT2D eigenvalue weighted by Crippen LogP contribution is 2.20. The second kappa shape index (κ2) is 7.98. The molecule has 2 N–H and O–H groups in total. The minimum atomic E-state index is -4.49. The summed E-state index contributed by atoms with van der Waals surface area (Å²) in [6, 6.07) is 2.64. The molecule has 1 heterocycles. The second-order valence-corrected chi connectivity index (χ2v) is 5.15. The van der Waals surface area contributed by atoms with Crippen molar-refractivity contribution in [1.82, 2.24) is 10.3 Å². The Bertz CT molecular complexity index is 492. The van der Waals surface area contributed by atoms with E-state index in [0.717, 1.165) is 0 Å². The topological polar surface area (TPSA) is 71.5 Å². The summed E-state index contributed by atoms with van der Waals surface area (Å²) in [6.45, 7) is 2.27. The third-order valence-corrected chi connectivity index (χ3v) is 2.73. The Balaban J connectivity index is 2.65. The molecule has 1 aromatic rings. The van der Waals surface area contributed by atoms with E-state index in [2.05, 4.69) is 15.0 Å². The smallest absolute Gasteiger partial charge is 0.422 e. The van der Waals surface area contributed by atoms with Crippen LogP contribution in [0.3, 0.4) is 0 Å². The number of hydrogen-bond donors (Lipinski definition) is 2. The Labute approximate surface area is 126 Å². The molecular formula is C14H19F3N2O3. The monoisotopic (exact) mass is 320 g/mol. The number of nitrogens with one attached hydrogen (secondary N) is 1. The first-order valence-corrected chi connectivity index (χ1v) is 6.80. The molecule has 0 bridgehead atoms. The van der Waals surface area contributed by atoms with Crippen molar-refractivity contribution in [2.45, 2.75) is 32.5 Å². The predicted molar refractivity (Wildman–Crippen MR) is 73.6 cm³/mol. The summed E-state index contributed by atoms with van der Waals surface area (Å²) in [5, 5.41) is 11.8. The molecule has 0 aliphatic rings. The first-order valence-electron chi connectivity index (χ1n) is 6.80. The number of aliphatic hydroxyl groups is 1. The summed E-state index contributed by atoms with van der Waals surface area (Å²) in [4.78, 5) is 15.7. The summed E-state index contributed by atoms with van der Waals surface area (Å²) >= 11 is 0. The highest BCUT2D eigenvalue weighted by atomic mass is 19.4. The molecule has 1 aromatic heterocycles. The van der Waals surface area contributed by atoms with Crippen molar-refractivity contribution in [1.29, 1.82) is 0 Å². The number of carbonyl (C=O) groups is 1. The van der Waals surface area contributed by atoms with Crippen LogP contribution in [0.1, 0.15) is 30.8 Å². The summed E-state index contributed by atoms with van der Waals surface area (Å²) in [6.07, 6.45) is -3.18. The molecule has 0 aliphatic heterocycles. The Kier molecular flexibility index (Phi) is 6.61. The Hall–Kier alpha value is -1.83. The van der Waals surface area contributed by atoms with Crippen LogP contribution in [0.2, 0.25) is 0 Å². The number of aliphatic hydroxyl groups excluding tert-OH is 1. The van der Waals surface area contributed by atoms with Crippen molar-refractivity contribution in [2.75, 3.05) is 13.2 Å². The van der Waals surface area contributed by atoms with Crippen molar-refractivity contribution in [2.24, 2.45) is 5.92 Å². The van der Waals surface area contributed by atoms with Gasteiger partial charge < -0.3 is 15.2 Å². The number of hydrogen-bond acceptors (Lipinski definition) is 4. The molecule has 0 saturated carbocycles. The zero-order valence-corrected chi connectivity index (χ0v) is 12.4. The fraction of sp³-hybridized carbons (Fsp3) is 0.571. The average molecular weight is 320 g/mol. The second-order valence-electron chi connectivity index (χ2n) is 5.15. The number of pyridine rings is 1. The van der Waals surface area contributed by atoms with E-state index in [0.29, 0.717) is 6.42 Å². The lowest BCUT2D eigenvalue weighted by molar-refractivity contribution is -0.153. The third kappa shape index (κ3) is 6.75. The predicted octanol–water partition coefficient (Wildman–Crippen LogP) is 2.16. The molecule has 22 heavy (non-hydrogen) atoms. The number of aromatic nitrogens is 1. The van der Waals surface area contributed by atoms with Crippen LogP contribution in [0, 0.1) is 5.92 Å². The summed E-state index contributed by atoms with van der Waals surface area (Å²) in [5.41, 5.74) is -0.198. The van der Waals surface area contributed by atoms with Gasteiger partial charge in [0.1, 0.15) is 0 Å². The van der Waals surface area contributed by atoms with E-state index in [4.69, 9.17) is 0 Å². The van der Waals surface area contributed by atoms with E-state index in [1.165, 1.54) is 18.3 Å². The van der Waals surface area contributed by atoms with E-state index < -0.39 is 24.8 Å². The summed E-state index contributed by atoms with van der Waals surface area (Å²) in [7, 11) is 0. The van der Waals surface area contributed by atoms with Gasteiger partial charge >= 0.3 is 6.18 Å². The molecule has 0 aromatic carbocycles. The van der Waals surface area contributed by atoms with Gasteiger partial charge in [-0.3, -0.25) is 4.79 Å². The molecular weight excluding hydrogens is 301 g/mol. The maximum atomic E-state index is 12.2. The quantitative estimate of drug-likeness (QED) is 0.807. The number of rotatable bonds is 7. The summed E-state index contributed by atoms with van der Waals surface area (Å²) < 4.78 is 41.1. The lowest BCUT2D eigenvalue weighted by Crippen LogP contribution is -2.31. The maximum absolute atomic E-state index is 12.2. The Morgan fingerprint density at radius 2 is 2.14 bits per heavy atom. The number of alkyl halides is 3. The highest BCUT2D eigenvalue weighted by molar-refractivity contribution is 5.94. The first kappa shape index (κ1) is 18.2. The van der Waals surface area contributed by atoms with Gasteiger partial charge in [-0.25, -0.2) is 4.98 Å². The Morgan fingerprint density at radius 1 is 1.45 bits per heavy atom. The molecule has 0 saturated heterocycles. The van der Waals surface area contributed by atoms with E-state index >= 15 is 0 Å². The molecule has 124 valence electrons. The van der Waals surface area contributed by atoms with Crippen molar-refractivity contribution >= 4 is 5.91 Å². The molecule has 2 atom stereocenters. The zero-order chi connectivity index (χ0) is 16.8. The lowest BCUT2D eigenvalue weighted by atomic mass is 10.0. The molecule has 0 spiro atoms. The average Bonchev–Trinajstić information content (AvgIpc) is 2.41. The van der Waals surface area contributed by atoms with Crippen molar-refractivity contribution in [3.63, 3.8) is 0 Å². The fourth-order valence-corrected chi connectivity index (χ4v) is 1.85. The molecule has 1 amide bonds. The van der Waals surface area contributed by atoms with Crippen molar-refractivity contribution < 1.29 is 27.8 Å². The van der Waals surface area contributed by atoms with Crippen LogP contribution < -0.4 is 10.1 Å². The third-order valence-electron chi connectivity index (χ3n) is 2.73. The number of ether oxygens (including phenoxy) is 1. The molecule has 2 unspecified atom stereocenters. The zero-order valence-electron chi connectivity index (χ0n) is 12.4. The van der Waals surface area contributed by atoms with Crippen LogP contribution >= 0.6 is 0 Å². The van der Waals surface area contributed by atoms with Crippen LogP contribution in [0.25, 0.3) is 0 Å². The van der Waals surface area contributed by atoms with E-state index in [9.17, 15) is 23.1 Å². The molecule has 0 radical (unpaired) electrons. The minimum Gasteiger partial charge on any atom is -0.482 e. The number of amides is 1. The van der Waals surface area contributed by atoms with Gasteiger partial charge in [0.05, 0.1) is 6.10 Å². The SMILES string of the molecule is CC(O)CC(C)CNC(=O)c1ncccc1OCC(F)(F)F. The normalized spacial score (nSPS) is 14.3. The van der Waals surface area contributed by atoms with Gasteiger partial charge in [0.2, 0.25) is 0 Å². The molecule has 0 aliphatic carbocycles. The maximum Gasteiger partial charge on any atom is 0.422 e. The van der Waals surface area contributed by atoms with Crippen LogP contribution in [0.5, 0.6) is 5.75 Å². The van der Waals surface area contributed by atoms with Gasteiger partial charge in [0.15, 0.2) is 18.1 Å². The lowest BCUT2D eigenvalue weighted by Gasteiger charge is -2.15. The first-order chi connectivity index (χ1) is 10.2. The number of nitrogens with zero attached hydrogens (tertiary/aromatic N) is 1. The van der Waals surface area contributed by atoms with Gasteiger partial charge in [-0.1, -0.05) is 6.92 Å². The molecule has 1 rings (SSSR count). The van der Waals surface area contributed by atoms with Crippen LogP contribution in [-0.4, -0.2) is 41.4 Å². The molecule has 0 fully saturated rings. The van der Waals surface area contributed by atoms with Gasteiger partial charge in [-0.05, 0) is 31.4 Å². The minimum absolute atomic E-state index is 0.0206. The van der Waals surface area contributed by atoms with E-state index in [1.807, 2.05) is 6.92 Å². The van der Waals surface area contributed by atoms with Crippen LogP contribution in [-0.2, 0) is 0 Å². The van der Waals surface area contributed by atoms with Crippen molar-refractivity contribution in [3.05, 3.63) is 24.0 Å². The fourth-order valence-electron chi connectivity index (χ4n) is 1.85. The standard InChI is InChI=1S/C14H19F3N2O3/c1-9(6-10(2)20)7-19-13(21)12-11(4-3-5-18-12)22-8-14(15,16)17/h3-5,9-10,20H,6-8H2,1-2H3,(H,19,21). The van der Waals surface area contributed by atoms with E-state index in [-0.39, 0.29) is 23.9 Å². The van der Waals surface area contributed by atoms with Crippen LogP contribution in [0.15, 0.2) is 18.3 Å². The van der Waals surface area contributed by atoms with Gasteiger partial charge in [0, 0.05) is 12.7 Å². The summed E-state index contributed by atoms with van der Waals surface area (Å²) in [5.74, 6) is -0.817. The molecule has 5 nitrogen and oxygen atoms in total. The molecule has 8 heteroatoms. The van der Waals surface area contributed by atoms with Gasteiger partial charge in [-0.2, -0.15) is 13.2 Å². The van der Waals surface area contributed by atoms with Crippen LogP contribution in [0.4, 0.5) is 13.2 Å². The number of carbonyl (C=O) groups excluding carboxylic acids is 1. The van der Waals surface area contributed by atoms with E-state index in [1.54, 1.807) is 6.92 Å². The van der Waals surface area contributed by atoms with Gasteiger partial charge in [0.25, 0.3) is 5.91 Å². The van der Waals surface area contributed by atoms with Gasteiger partial charge in [-0.15, -0.1) is 0 Å². The largest absolute Gasteiger partial charge is 0.482 e. The van der Waals surface area contributed by atoms with Crippen molar-refractivity contribution in [3.8, 4) is 5.75 Å². The number of halogens is 3.